The second-order valence-electron chi connectivity index (χ2n) is 4.80. The highest BCUT2D eigenvalue weighted by atomic mass is 16.5. The van der Waals surface area contributed by atoms with Gasteiger partial charge in [-0.3, -0.25) is 4.79 Å². The van der Waals surface area contributed by atoms with Crippen LogP contribution in [0, 0.1) is 5.92 Å². The molecule has 102 valence electrons. The zero-order chi connectivity index (χ0) is 13.0. The number of aliphatic carboxylic acids is 1. The van der Waals surface area contributed by atoms with E-state index >= 15 is 0 Å². The standard InChI is InChI=1S/C12H19NO5/c14-11(7-9-1-4-17-5-2-9)13-3-6-18-10(8-13)12(15)16/h9-10H,1-8H2,(H,15,16). The van der Waals surface area contributed by atoms with E-state index in [4.69, 9.17) is 14.6 Å². The molecule has 0 aromatic rings. The minimum Gasteiger partial charge on any atom is -0.479 e. The van der Waals surface area contributed by atoms with E-state index in [0.29, 0.717) is 25.5 Å². The highest BCUT2D eigenvalue weighted by Crippen LogP contribution is 2.20. The van der Waals surface area contributed by atoms with Crippen molar-refractivity contribution >= 4 is 11.9 Å². The number of carbonyl (C=O) groups excluding carboxylic acids is 1. The van der Waals surface area contributed by atoms with Gasteiger partial charge in [0.15, 0.2) is 6.10 Å². The van der Waals surface area contributed by atoms with Crippen molar-refractivity contribution in [1.29, 1.82) is 0 Å². The molecular formula is C12H19NO5. The maximum absolute atomic E-state index is 12.1. The molecular weight excluding hydrogens is 238 g/mol. The Bertz CT molecular complexity index is 314. The van der Waals surface area contributed by atoms with Crippen LogP contribution in [-0.4, -0.2) is 60.9 Å². The van der Waals surface area contributed by atoms with E-state index < -0.39 is 12.1 Å². The quantitative estimate of drug-likeness (QED) is 0.777. The first-order valence-electron chi connectivity index (χ1n) is 6.36. The molecule has 1 atom stereocenters. The van der Waals surface area contributed by atoms with E-state index in [2.05, 4.69) is 0 Å². The van der Waals surface area contributed by atoms with Crippen LogP contribution in [0.15, 0.2) is 0 Å². The van der Waals surface area contributed by atoms with E-state index in [9.17, 15) is 9.59 Å². The summed E-state index contributed by atoms with van der Waals surface area (Å²) in [4.78, 5) is 24.5. The molecule has 2 rings (SSSR count). The number of amides is 1. The molecule has 2 fully saturated rings. The van der Waals surface area contributed by atoms with Gasteiger partial charge in [0.1, 0.15) is 0 Å². The fourth-order valence-electron chi connectivity index (χ4n) is 2.35. The molecule has 2 aliphatic heterocycles. The van der Waals surface area contributed by atoms with Gasteiger partial charge in [0.05, 0.1) is 13.2 Å². The summed E-state index contributed by atoms with van der Waals surface area (Å²) in [5, 5.41) is 8.88. The molecule has 0 bridgehead atoms. The van der Waals surface area contributed by atoms with Crippen LogP contribution in [-0.2, 0) is 19.1 Å². The van der Waals surface area contributed by atoms with Crippen molar-refractivity contribution in [1.82, 2.24) is 4.90 Å². The molecule has 0 radical (unpaired) electrons. The number of nitrogens with zero attached hydrogens (tertiary/aromatic N) is 1. The molecule has 2 aliphatic rings. The second-order valence-corrected chi connectivity index (χ2v) is 4.80. The van der Waals surface area contributed by atoms with E-state index in [0.717, 1.165) is 26.1 Å². The smallest absolute Gasteiger partial charge is 0.334 e. The lowest BCUT2D eigenvalue weighted by molar-refractivity contribution is -0.159. The Morgan fingerprint density at radius 2 is 1.94 bits per heavy atom. The Labute approximate surface area is 106 Å². The first kappa shape index (κ1) is 13.3. The molecule has 0 spiro atoms. The maximum atomic E-state index is 12.1. The number of hydrogen-bond acceptors (Lipinski definition) is 4. The molecule has 1 amide bonds. The van der Waals surface area contributed by atoms with Gasteiger partial charge in [0, 0.05) is 26.2 Å². The lowest BCUT2D eigenvalue weighted by Gasteiger charge is -2.32. The van der Waals surface area contributed by atoms with E-state index in [1.807, 2.05) is 0 Å². The Hall–Kier alpha value is -1.14. The summed E-state index contributed by atoms with van der Waals surface area (Å²) >= 11 is 0. The Kier molecular flexibility index (Phi) is 4.54. The van der Waals surface area contributed by atoms with Gasteiger partial charge in [-0.1, -0.05) is 0 Å². The van der Waals surface area contributed by atoms with Gasteiger partial charge >= 0.3 is 5.97 Å². The Morgan fingerprint density at radius 3 is 2.61 bits per heavy atom. The van der Waals surface area contributed by atoms with Crippen LogP contribution in [0.3, 0.4) is 0 Å². The normalized spacial score (nSPS) is 26.0. The third-order valence-corrected chi connectivity index (χ3v) is 3.50. The van der Waals surface area contributed by atoms with Crippen molar-refractivity contribution in [2.24, 2.45) is 5.92 Å². The molecule has 18 heavy (non-hydrogen) atoms. The van der Waals surface area contributed by atoms with Crippen molar-refractivity contribution in [2.75, 3.05) is 32.9 Å². The summed E-state index contributed by atoms with van der Waals surface area (Å²) in [6.45, 7) is 2.40. The molecule has 6 nitrogen and oxygen atoms in total. The topological polar surface area (TPSA) is 76.1 Å². The number of morpholine rings is 1. The van der Waals surface area contributed by atoms with Gasteiger partial charge in [-0.05, 0) is 18.8 Å². The van der Waals surface area contributed by atoms with Crippen molar-refractivity contribution in [3.05, 3.63) is 0 Å². The van der Waals surface area contributed by atoms with Crippen molar-refractivity contribution in [3.63, 3.8) is 0 Å². The molecule has 2 saturated heterocycles. The van der Waals surface area contributed by atoms with Crippen LogP contribution in [0.2, 0.25) is 0 Å². The largest absolute Gasteiger partial charge is 0.479 e. The summed E-state index contributed by atoms with van der Waals surface area (Å²) in [6, 6.07) is 0. The van der Waals surface area contributed by atoms with Gasteiger partial charge in [-0.15, -0.1) is 0 Å². The van der Waals surface area contributed by atoms with E-state index in [1.165, 1.54) is 0 Å². The van der Waals surface area contributed by atoms with Gasteiger partial charge in [0.25, 0.3) is 0 Å². The highest BCUT2D eigenvalue weighted by molar-refractivity contribution is 5.78. The first-order chi connectivity index (χ1) is 8.66. The fraction of sp³-hybridized carbons (Fsp3) is 0.833. The van der Waals surface area contributed by atoms with Crippen LogP contribution >= 0.6 is 0 Å². The van der Waals surface area contributed by atoms with Gasteiger partial charge in [0.2, 0.25) is 5.91 Å². The van der Waals surface area contributed by atoms with Crippen LogP contribution in [0.1, 0.15) is 19.3 Å². The number of rotatable bonds is 3. The Balaban J connectivity index is 1.82. The highest BCUT2D eigenvalue weighted by Gasteiger charge is 2.30. The molecule has 6 heteroatoms. The zero-order valence-corrected chi connectivity index (χ0v) is 10.3. The lowest BCUT2D eigenvalue weighted by Crippen LogP contribution is -2.49. The number of hydrogen-bond donors (Lipinski definition) is 1. The molecule has 1 N–H and O–H groups in total. The number of carbonyl (C=O) groups is 2. The predicted molar refractivity (Wildman–Crippen MR) is 62.1 cm³/mol. The predicted octanol–water partition coefficient (Wildman–Crippen LogP) is 0.115. The summed E-state index contributed by atoms with van der Waals surface area (Å²) in [5.41, 5.74) is 0. The average molecular weight is 257 g/mol. The van der Waals surface area contributed by atoms with Crippen LogP contribution in [0.5, 0.6) is 0 Å². The number of carboxylic acid groups (broad SMARTS) is 1. The monoisotopic (exact) mass is 257 g/mol. The summed E-state index contributed by atoms with van der Waals surface area (Å²) in [6.07, 6.45) is 1.45. The van der Waals surface area contributed by atoms with Crippen LogP contribution < -0.4 is 0 Å². The molecule has 0 saturated carbocycles. The summed E-state index contributed by atoms with van der Waals surface area (Å²) in [5.74, 6) is -0.590. The first-order valence-corrected chi connectivity index (χ1v) is 6.36. The average Bonchev–Trinajstić information content (AvgIpc) is 2.40. The van der Waals surface area contributed by atoms with Gasteiger partial charge < -0.3 is 19.5 Å². The summed E-state index contributed by atoms with van der Waals surface area (Å²) in [7, 11) is 0. The van der Waals surface area contributed by atoms with Crippen molar-refractivity contribution in [2.45, 2.75) is 25.4 Å². The van der Waals surface area contributed by atoms with Crippen LogP contribution in [0.4, 0.5) is 0 Å². The molecule has 2 heterocycles. The van der Waals surface area contributed by atoms with Crippen molar-refractivity contribution < 1.29 is 24.2 Å². The Morgan fingerprint density at radius 1 is 1.22 bits per heavy atom. The fourth-order valence-corrected chi connectivity index (χ4v) is 2.35. The number of carboxylic acids is 1. The molecule has 0 aliphatic carbocycles. The van der Waals surface area contributed by atoms with Gasteiger partial charge in [-0.2, -0.15) is 0 Å². The molecule has 0 aromatic heterocycles. The van der Waals surface area contributed by atoms with Crippen LogP contribution in [0.25, 0.3) is 0 Å². The lowest BCUT2D eigenvalue weighted by atomic mass is 9.96. The van der Waals surface area contributed by atoms with E-state index in [-0.39, 0.29) is 12.5 Å². The third-order valence-electron chi connectivity index (χ3n) is 3.50. The number of ether oxygens (including phenoxy) is 2. The van der Waals surface area contributed by atoms with Gasteiger partial charge in [-0.25, -0.2) is 4.79 Å². The van der Waals surface area contributed by atoms with Crippen molar-refractivity contribution in [3.8, 4) is 0 Å². The van der Waals surface area contributed by atoms with E-state index in [1.54, 1.807) is 4.90 Å². The SMILES string of the molecule is O=C(O)C1CN(C(=O)CC2CCOCC2)CCO1. The maximum Gasteiger partial charge on any atom is 0.334 e. The third kappa shape index (κ3) is 3.43. The summed E-state index contributed by atoms with van der Waals surface area (Å²) < 4.78 is 10.3. The minimum absolute atomic E-state index is 0.0384. The zero-order valence-electron chi connectivity index (χ0n) is 10.3. The minimum atomic E-state index is -1.00. The molecule has 1 unspecified atom stereocenters. The molecule has 0 aromatic carbocycles. The second kappa shape index (κ2) is 6.15.